The number of hydrogen-bond acceptors (Lipinski definition) is 4. The third-order valence-electron chi connectivity index (χ3n) is 4.17. The monoisotopic (exact) mass is 236 g/mol. The molecule has 1 saturated carbocycles. The van der Waals surface area contributed by atoms with E-state index in [-0.39, 0.29) is 17.6 Å². The van der Waals surface area contributed by atoms with Crippen LogP contribution in [0.5, 0.6) is 0 Å². The summed E-state index contributed by atoms with van der Waals surface area (Å²) in [7, 11) is 1.84. The summed E-state index contributed by atoms with van der Waals surface area (Å²) >= 11 is 0. The standard InChI is InChI=1S/C12H20N4O/c1-9-8-10-11(17)15(2)14-12(16(10)13-9)6-4-3-5-7-12/h10,14H,3-8H2,1-2H3. The highest BCUT2D eigenvalue weighted by Crippen LogP contribution is 2.38. The van der Waals surface area contributed by atoms with Gasteiger partial charge in [-0.15, -0.1) is 0 Å². The molecule has 17 heavy (non-hydrogen) atoms. The first kappa shape index (κ1) is 11.0. The van der Waals surface area contributed by atoms with E-state index in [1.165, 1.54) is 19.3 Å². The maximum absolute atomic E-state index is 12.1. The van der Waals surface area contributed by atoms with Gasteiger partial charge in [0.05, 0.1) is 0 Å². The van der Waals surface area contributed by atoms with Crippen LogP contribution < -0.4 is 5.43 Å². The number of hydrazine groups is 1. The van der Waals surface area contributed by atoms with Gasteiger partial charge in [-0.2, -0.15) is 5.10 Å². The quantitative estimate of drug-likeness (QED) is 0.684. The highest BCUT2D eigenvalue weighted by molar-refractivity contribution is 5.93. The predicted octanol–water partition coefficient (Wildman–Crippen LogP) is 1.07. The largest absolute Gasteiger partial charge is 0.277 e. The summed E-state index contributed by atoms with van der Waals surface area (Å²) in [5.74, 6) is 0.141. The van der Waals surface area contributed by atoms with E-state index in [4.69, 9.17) is 0 Å². The van der Waals surface area contributed by atoms with Crippen molar-refractivity contribution in [1.82, 2.24) is 15.4 Å². The molecular formula is C12H20N4O. The third kappa shape index (κ3) is 1.56. The van der Waals surface area contributed by atoms with Gasteiger partial charge in [0.15, 0.2) is 0 Å². The lowest BCUT2D eigenvalue weighted by molar-refractivity contribution is -0.164. The van der Waals surface area contributed by atoms with Gasteiger partial charge in [-0.1, -0.05) is 6.42 Å². The predicted molar refractivity (Wildman–Crippen MR) is 65.1 cm³/mol. The normalized spacial score (nSPS) is 31.8. The topological polar surface area (TPSA) is 47.9 Å². The maximum Gasteiger partial charge on any atom is 0.261 e. The molecule has 2 fully saturated rings. The highest BCUT2D eigenvalue weighted by Gasteiger charge is 2.51. The van der Waals surface area contributed by atoms with E-state index < -0.39 is 0 Å². The molecule has 5 nitrogen and oxygen atoms in total. The van der Waals surface area contributed by atoms with Crippen molar-refractivity contribution in [2.75, 3.05) is 7.05 Å². The van der Waals surface area contributed by atoms with Crippen LogP contribution in [-0.2, 0) is 4.79 Å². The maximum atomic E-state index is 12.1. The lowest BCUT2D eigenvalue weighted by Gasteiger charge is -2.52. The van der Waals surface area contributed by atoms with E-state index in [2.05, 4.69) is 15.5 Å². The molecule has 5 heteroatoms. The van der Waals surface area contributed by atoms with E-state index >= 15 is 0 Å². The lowest BCUT2D eigenvalue weighted by Crippen LogP contribution is -2.72. The first-order chi connectivity index (χ1) is 8.12. The summed E-state index contributed by atoms with van der Waals surface area (Å²) < 4.78 is 0. The number of rotatable bonds is 0. The summed E-state index contributed by atoms with van der Waals surface area (Å²) in [4.78, 5) is 12.1. The summed E-state index contributed by atoms with van der Waals surface area (Å²) in [6.45, 7) is 2.02. The van der Waals surface area contributed by atoms with Gasteiger partial charge in [0.2, 0.25) is 0 Å². The number of hydrazone groups is 1. The molecule has 1 saturated heterocycles. The Morgan fingerprint density at radius 3 is 2.76 bits per heavy atom. The highest BCUT2D eigenvalue weighted by atomic mass is 16.2. The molecular weight excluding hydrogens is 216 g/mol. The second-order valence-corrected chi connectivity index (χ2v) is 5.50. The van der Waals surface area contributed by atoms with Crippen molar-refractivity contribution in [2.24, 2.45) is 5.10 Å². The summed E-state index contributed by atoms with van der Waals surface area (Å²) in [5, 5.41) is 8.35. The van der Waals surface area contributed by atoms with Gasteiger partial charge in [-0.3, -0.25) is 14.8 Å². The fourth-order valence-corrected chi connectivity index (χ4v) is 3.37. The zero-order chi connectivity index (χ0) is 12.0. The molecule has 1 amide bonds. The van der Waals surface area contributed by atoms with Gasteiger partial charge >= 0.3 is 0 Å². The van der Waals surface area contributed by atoms with Crippen molar-refractivity contribution in [1.29, 1.82) is 0 Å². The van der Waals surface area contributed by atoms with Crippen molar-refractivity contribution in [2.45, 2.75) is 57.2 Å². The smallest absolute Gasteiger partial charge is 0.261 e. The molecule has 1 aliphatic carbocycles. The van der Waals surface area contributed by atoms with Crippen LogP contribution in [0.4, 0.5) is 0 Å². The number of nitrogens with zero attached hydrogens (tertiary/aromatic N) is 3. The Kier molecular flexibility index (Phi) is 2.40. The first-order valence-corrected chi connectivity index (χ1v) is 6.51. The van der Waals surface area contributed by atoms with Crippen LogP contribution in [0.2, 0.25) is 0 Å². The molecule has 3 aliphatic rings. The van der Waals surface area contributed by atoms with Crippen molar-refractivity contribution >= 4 is 11.6 Å². The lowest BCUT2D eigenvalue weighted by atomic mass is 9.87. The van der Waals surface area contributed by atoms with Crippen LogP contribution in [0.25, 0.3) is 0 Å². The fourth-order valence-electron chi connectivity index (χ4n) is 3.37. The second kappa shape index (κ2) is 3.70. The molecule has 1 spiro atoms. The van der Waals surface area contributed by atoms with Crippen molar-refractivity contribution in [3.63, 3.8) is 0 Å². The van der Waals surface area contributed by atoms with Crippen LogP contribution >= 0.6 is 0 Å². The summed E-state index contributed by atoms with van der Waals surface area (Å²) in [6, 6.07) is -0.0700. The molecule has 0 aromatic rings. The van der Waals surface area contributed by atoms with Crippen LogP contribution in [0.3, 0.4) is 0 Å². The SMILES string of the molecule is CC1=NN2C(C1)C(=O)N(C)NC21CCCCC1. The van der Waals surface area contributed by atoms with Gasteiger partial charge in [0.1, 0.15) is 11.7 Å². The minimum atomic E-state index is -0.108. The molecule has 0 aromatic heterocycles. The molecule has 2 aliphatic heterocycles. The molecule has 0 aromatic carbocycles. The Hall–Kier alpha value is -1.10. The van der Waals surface area contributed by atoms with E-state index in [0.29, 0.717) is 0 Å². The molecule has 3 rings (SSSR count). The van der Waals surface area contributed by atoms with E-state index in [1.807, 2.05) is 14.0 Å². The summed E-state index contributed by atoms with van der Waals surface area (Å²) in [5.41, 5.74) is 4.34. The van der Waals surface area contributed by atoms with Crippen molar-refractivity contribution < 1.29 is 4.79 Å². The number of hydrogen-bond donors (Lipinski definition) is 1. The van der Waals surface area contributed by atoms with Crippen LogP contribution in [0, 0.1) is 0 Å². The zero-order valence-electron chi connectivity index (χ0n) is 10.6. The average Bonchev–Trinajstić information content (AvgIpc) is 2.71. The number of amides is 1. The number of carbonyl (C=O) groups excluding carboxylic acids is 1. The van der Waals surface area contributed by atoms with Gasteiger partial charge in [-0.25, -0.2) is 5.43 Å². The number of fused-ring (bicyclic) bond motifs is 2. The molecule has 1 unspecified atom stereocenters. The average molecular weight is 236 g/mol. The number of carbonyl (C=O) groups is 1. The van der Waals surface area contributed by atoms with Crippen molar-refractivity contribution in [3.8, 4) is 0 Å². The van der Waals surface area contributed by atoms with Gasteiger partial charge < -0.3 is 0 Å². The van der Waals surface area contributed by atoms with Crippen LogP contribution in [0.1, 0.15) is 45.4 Å². The Labute approximate surface area is 102 Å². The van der Waals surface area contributed by atoms with Gasteiger partial charge in [0.25, 0.3) is 5.91 Å². The van der Waals surface area contributed by atoms with Crippen molar-refractivity contribution in [3.05, 3.63) is 0 Å². The minimum Gasteiger partial charge on any atom is -0.277 e. The Balaban J connectivity index is 1.95. The van der Waals surface area contributed by atoms with E-state index in [0.717, 1.165) is 25.0 Å². The number of nitrogens with one attached hydrogen (secondary N) is 1. The molecule has 0 radical (unpaired) electrons. The van der Waals surface area contributed by atoms with Gasteiger partial charge in [0, 0.05) is 19.2 Å². The molecule has 1 N–H and O–H groups in total. The van der Waals surface area contributed by atoms with E-state index in [9.17, 15) is 4.79 Å². The second-order valence-electron chi connectivity index (χ2n) is 5.50. The zero-order valence-corrected chi connectivity index (χ0v) is 10.6. The van der Waals surface area contributed by atoms with Crippen LogP contribution in [-0.4, -0.2) is 40.4 Å². The molecule has 94 valence electrons. The molecule has 1 atom stereocenters. The first-order valence-electron chi connectivity index (χ1n) is 6.51. The van der Waals surface area contributed by atoms with Crippen LogP contribution in [0.15, 0.2) is 5.10 Å². The molecule has 2 heterocycles. The Morgan fingerprint density at radius 2 is 2.06 bits per heavy atom. The minimum absolute atomic E-state index is 0.0700. The third-order valence-corrected chi connectivity index (χ3v) is 4.17. The fraction of sp³-hybridized carbons (Fsp3) is 0.833. The number of likely N-dealkylation sites (N-methyl/N-ethyl adjacent to an activating group) is 1. The molecule has 0 bridgehead atoms. The Morgan fingerprint density at radius 1 is 1.35 bits per heavy atom. The Bertz CT molecular complexity index is 373. The van der Waals surface area contributed by atoms with Gasteiger partial charge in [-0.05, 0) is 32.6 Å². The van der Waals surface area contributed by atoms with E-state index in [1.54, 1.807) is 5.01 Å². The summed E-state index contributed by atoms with van der Waals surface area (Å²) in [6.07, 6.45) is 6.67.